The largest absolute Gasteiger partial charge is 0.496 e. The highest BCUT2D eigenvalue weighted by Crippen LogP contribution is 2.29. The summed E-state index contributed by atoms with van der Waals surface area (Å²) in [6, 6.07) is 8.62. The van der Waals surface area contributed by atoms with Crippen LogP contribution >= 0.6 is 0 Å². The number of ether oxygens (including phenoxy) is 1. The normalized spacial score (nSPS) is 11.7. The van der Waals surface area contributed by atoms with Gasteiger partial charge in [-0.3, -0.25) is 4.79 Å². The number of carbonyl (C=O) groups excluding carboxylic acids is 2. The van der Waals surface area contributed by atoms with Gasteiger partial charge in [-0.15, -0.1) is 0 Å². The third-order valence-electron chi connectivity index (χ3n) is 3.79. The number of methoxy groups -OCH3 is 1. The van der Waals surface area contributed by atoms with Crippen molar-refractivity contribution in [3.63, 3.8) is 0 Å². The Morgan fingerprint density at radius 2 is 1.85 bits per heavy atom. The second kappa shape index (κ2) is 8.30. The molecule has 2 aromatic carbocycles. The van der Waals surface area contributed by atoms with Gasteiger partial charge in [-0.2, -0.15) is 5.06 Å². The van der Waals surface area contributed by atoms with Crippen LogP contribution in [0.25, 0.3) is 10.8 Å². The van der Waals surface area contributed by atoms with Crippen LogP contribution in [-0.4, -0.2) is 52.9 Å². The fourth-order valence-electron chi connectivity index (χ4n) is 2.46. The molecule has 0 aromatic heterocycles. The molecule has 138 valence electrons. The lowest BCUT2D eigenvalue weighted by atomic mass is 10.0. The van der Waals surface area contributed by atoms with Crippen LogP contribution < -0.4 is 4.74 Å². The third kappa shape index (κ3) is 3.75. The lowest BCUT2D eigenvalue weighted by molar-refractivity contribution is -0.190. The molecule has 0 radical (unpaired) electrons. The van der Waals surface area contributed by atoms with Crippen LogP contribution in [0.2, 0.25) is 0 Å². The van der Waals surface area contributed by atoms with Gasteiger partial charge in [-0.05, 0) is 11.5 Å². The van der Waals surface area contributed by atoms with Gasteiger partial charge in [0, 0.05) is 11.8 Å². The van der Waals surface area contributed by atoms with E-state index in [1.54, 1.807) is 36.4 Å². The lowest BCUT2D eigenvalue weighted by Gasteiger charge is -2.25. The van der Waals surface area contributed by atoms with E-state index in [0.29, 0.717) is 10.4 Å². The minimum Gasteiger partial charge on any atom is -0.496 e. The van der Waals surface area contributed by atoms with Crippen molar-refractivity contribution in [2.45, 2.75) is 19.4 Å². The van der Waals surface area contributed by atoms with Crippen LogP contribution in [0, 0.1) is 0 Å². The van der Waals surface area contributed by atoms with Gasteiger partial charge in [0.05, 0.1) is 13.7 Å². The molecular weight excluding hydrogens is 342 g/mol. The molecule has 0 saturated carbocycles. The summed E-state index contributed by atoms with van der Waals surface area (Å²) in [6.45, 7) is 0.582. The molecule has 2 rings (SSSR count). The summed E-state index contributed by atoms with van der Waals surface area (Å²) in [5.41, 5.74) is 0.0570. The maximum Gasteiger partial charge on any atom is 0.367 e. The number of hydroxylamine groups is 2. The molecule has 0 heterocycles. The molecule has 2 N–H and O–H groups in total. The number of nitrogens with zero attached hydrogens (tertiary/aromatic N) is 1. The van der Waals surface area contributed by atoms with Crippen molar-refractivity contribution >= 4 is 28.6 Å². The molecule has 0 aliphatic carbocycles. The first-order valence-corrected chi connectivity index (χ1v) is 7.88. The average molecular weight is 361 g/mol. The van der Waals surface area contributed by atoms with Gasteiger partial charge in [0.15, 0.2) is 6.04 Å². The zero-order valence-electron chi connectivity index (χ0n) is 14.3. The van der Waals surface area contributed by atoms with E-state index < -0.39 is 30.5 Å². The van der Waals surface area contributed by atoms with Crippen LogP contribution in [0.1, 0.15) is 23.7 Å². The minimum atomic E-state index is -1.70. The predicted octanol–water partition coefficient (Wildman–Crippen LogP) is 1.60. The monoisotopic (exact) mass is 361 g/mol. The van der Waals surface area contributed by atoms with Gasteiger partial charge >= 0.3 is 11.9 Å². The standard InChI is InChI=1S/C18H19NO7/c1-3-15(21)19(13(10-20)17(22)23)26-18(24)16-12-7-5-4-6-11(12)8-9-14(16)25-2/h4-9,13,20H,3,10H2,1-2H3,(H,22,23)/t13-/m0/s1. The van der Waals surface area contributed by atoms with Crippen LogP contribution in [0.4, 0.5) is 0 Å². The first kappa shape index (κ1) is 19.2. The molecule has 8 heteroatoms. The molecule has 0 fully saturated rings. The first-order chi connectivity index (χ1) is 12.4. The molecule has 2 aromatic rings. The number of carboxylic acids is 1. The molecule has 26 heavy (non-hydrogen) atoms. The third-order valence-corrected chi connectivity index (χ3v) is 3.79. The van der Waals surface area contributed by atoms with Crippen molar-refractivity contribution in [2.24, 2.45) is 0 Å². The number of carboxylic acid groups (broad SMARTS) is 1. The fraction of sp³-hybridized carbons (Fsp3) is 0.278. The van der Waals surface area contributed by atoms with E-state index >= 15 is 0 Å². The molecular formula is C18H19NO7. The molecule has 8 nitrogen and oxygen atoms in total. The van der Waals surface area contributed by atoms with Crippen molar-refractivity contribution in [3.05, 3.63) is 42.0 Å². The highest BCUT2D eigenvalue weighted by molar-refractivity contribution is 6.07. The van der Waals surface area contributed by atoms with E-state index in [4.69, 9.17) is 9.57 Å². The zero-order chi connectivity index (χ0) is 19.3. The van der Waals surface area contributed by atoms with Gasteiger partial charge in [-0.25, -0.2) is 9.59 Å². The summed E-state index contributed by atoms with van der Waals surface area (Å²) in [5.74, 6) is -2.99. The lowest BCUT2D eigenvalue weighted by Crippen LogP contribution is -2.48. The van der Waals surface area contributed by atoms with Crippen LogP contribution in [0.3, 0.4) is 0 Å². The van der Waals surface area contributed by atoms with Gasteiger partial charge in [0.25, 0.3) is 5.91 Å². The number of hydrogen-bond acceptors (Lipinski definition) is 6. The Morgan fingerprint density at radius 3 is 2.42 bits per heavy atom. The quantitative estimate of drug-likeness (QED) is 0.751. The predicted molar refractivity (Wildman–Crippen MR) is 91.6 cm³/mol. The summed E-state index contributed by atoms with van der Waals surface area (Å²) in [7, 11) is 1.38. The maximum absolute atomic E-state index is 12.7. The van der Waals surface area contributed by atoms with E-state index in [0.717, 1.165) is 5.39 Å². The minimum absolute atomic E-state index is 0.0570. The van der Waals surface area contributed by atoms with Crippen LogP contribution in [-0.2, 0) is 14.4 Å². The van der Waals surface area contributed by atoms with E-state index in [1.165, 1.54) is 14.0 Å². The number of rotatable bonds is 6. The number of benzene rings is 2. The molecule has 1 amide bonds. The summed E-state index contributed by atoms with van der Waals surface area (Å²) in [4.78, 5) is 41.1. The summed E-state index contributed by atoms with van der Waals surface area (Å²) in [6.07, 6.45) is -0.107. The number of amides is 1. The average Bonchev–Trinajstić information content (AvgIpc) is 2.65. The fourth-order valence-corrected chi connectivity index (χ4v) is 2.46. The highest BCUT2D eigenvalue weighted by atomic mass is 16.7. The van der Waals surface area contributed by atoms with E-state index in [1.807, 2.05) is 0 Å². The zero-order valence-corrected chi connectivity index (χ0v) is 14.3. The van der Waals surface area contributed by atoms with Crippen molar-refractivity contribution in [1.82, 2.24) is 5.06 Å². The molecule has 0 aliphatic rings. The van der Waals surface area contributed by atoms with Crippen molar-refractivity contribution in [2.75, 3.05) is 13.7 Å². The Morgan fingerprint density at radius 1 is 1.15 bits per heavy atom. The van der Waals surface area contributed by atoms with Gasteiger partial charge < -0.3 is 19.8 Å². The second-order valence-electron chi connectivity index (χ2n) is 5.35. The number of carbonyl (C=O) groups is 3. The Bertz CT molecular complexity index is 833. The van der Waals surface area contributed by atoms with E-state index in [2.05, 4.69) is 0 Å². The van der Waals surface area contributed by atoms with Crippen LogP contribution in [0.15, 0.2) is 36.4 Å². The SMILES string of the molecule is CCC(=O)N(OC(=O)c1c(OC)ccc2ccccc12)[C@@H](CO)C(=O)O. The smallest absolute Gasteiger partial charge is 0.367 e. The van der Waals surface area contributed by atoms with Crippen molar-refractivity contribution < 1.29 is 34.2 Å². The number of aliphatic hydroxyl groups is 1. The molecule has 1 atom stereocenters. The molecule has 0 aliphatic heterocycles. The summed E-state index contributed by atoms with van der Waals surface area (Å²) < 4.78 is 5.21. The van der Waals surface area contributed by atoms with Gasteiger partial charge in [-0.1, -0.05) is 37.3 Å². The number of hydrogen-bond donors (Lipinski definition) is 2. The number of fused-ring (bicyclic) bond motifs is 1. The van der Waals surface area contributed by atoms with Crippen LogP contribution in [0.5, 0.6) is 5.75 Å². The van der Waals surface area contributed by atoms with Crippen molar-refractivity contribution in [3.8, 4) is 5.75 Å². The summed E-state index contributed by atoms with van der Waals surface area (Å²) >= 11 is 0. The molecule has 0 spiro atoms. The Kier molecular flexibility index (Phi) is 6.13. The van der Waals surface area contributed by atoms with Gasteiger partial charge in [0.1, 0.15) is 11.3 Å². The molecule has 0 saturated heterocycles. The Balaban J connectivity index is 2.48. The van der Waals surface area contributed by atoms with E-state index in [-0.39, 0.29) is 17.7 Å². The topological polar surface area (TPSA) is 113 Å². The van der Waals surface area contributed by atoms with Gasteiger partial charge in [0.2, 0.25) is 0 Å². The molecule has 0 bridgehead atoms. The summed E-state index contributed by atoms with van der Waals surface area (Å²) in [5, 5.41) is 20.1. The first-order valence-electron chi connectivity index (χ1n) is 7.88. The van der Waals surface area contributed by atoms with Crippen molar-refractivity contribution in [1.29, 1.82) is 0 Å². The Labute approximate surface area is 149 Å². The molecule has 0 unspecified atom stereocenters. The highest BCUT2D eigenvalue weighted by Gasteiger charge is 2.33. The maximum atomic E-state index is 12.7. The number of aliphatic carboxylic acids is 1. The Hall–Kier alpha value is -3.13. The number of aliphatic hydroxyl groups excluding tert-OH is 1. The van der Waals surface area contributed by atoms with E-state index in [9.17, 15) is 24.6 Å². The second-order valence-corrected chi connectivity index (χ2v) is 5.35.